The molecule has 39 heavy (non-hydrogen) atoms. The number of amides is 2. The van der Waals surface area contributed by atoms with Crippen molar-refractivity contribution in [2.24, 2.45) is 5.41 Å². The van der Waals surface area contributed by atoms with E-state index in [1.165, 1.54) is 27.9 Å². The molecule has 0 aliphatic rings. The van der Waals surface area contributed by atoms with Gasteiger partial charge in [0.25, 0.3) is 0 Å². The van der Waals surface area contributed by atoms with Crippen molar-refractivity contribution in [2.75, 3.05) is 37.6 Å². The molecule has 0 aliphatic heterocycles. The van der Waals surface area contributed by atoms with Gasteiger partial charge in [-0.2, -0.15) is 0 Å². The molecule has 2 rings (SSSR count). The van der Waals surface area contributed by atoms with Gasteiger partial charge in [-0.15, -0.1) is 0 Å². The number of ether oxygens (including phenoxy) is 4. The monoisotopic (exact) mass is 542 g/mol. The topological polar surface area (TPSA) is 149 Å². The van der Waals surface area contributed by atoms with Crippen LogP contribution < -0.4 is 10.6 Å². The second kappa shape index (κ2) is 14.6. The largest absolute Gasteiger partial charge is 0.456 e. The Morgan fingerprint density at radius 3 is 1.92 bits per heavy atom. The molecule has 2 amide bonds. The highest BCUT2D eigenvalue weighted by atomic mass is 16.7. The zero-order valence-corrected chi connectivity index (χ0v) is 22.4. The van der Waals surface area contributed by atoms with Crippen molar-refractivity contribution < 1.29 is 43.2 Å². The van der Waals surface area contributed by atoms with E-state index in [2.05, 4.69) is 17.2 Å². The van der Waals surface area contributed by atoms with Crippen LogP contribution in [0.25, 0.3) is 0 Å². The second-order valence-electron chi connectivity index (χ2n) is 9.19. The summed E-state index contributed by atoms with van der Waals surface area (Å²) in [6.45, 7) is 6.58. The van der Waals surface area contributed by atoms with Crippen molar-refractivity contribution in [3.8, 4) is 0 Å². The first-order valence-electron chi connectivity index (χ1n) is 12.0. The molecule has 11 nitrogen and oxygen atoms in total. The molecule has 2 aromatic rings. The third kappa shape index (κ3) is 10.6. The maximum atomic E-state index is 12.6. The first-order chi connectivity index (χ1) is 18.4. The van der Waals surface area contributed by atoms with E-state index in [9.17, 15) is 24.3 Å². The molecule has 3 N–H and O–H groups in total. The summed E-state index contributed by atoms with van der Waals surface area (Å²) in [7, 11) is 1.36. The Morgan fingerprint density at radius 1 is 0.897 bits per heavy atom. The smallest absolute Gasteiger partial charge is 0.411 e. The Morgan fingerprint density at radius 2 is 1.44 bits per heavy atom. The summed E-state index contributed by atoms with van der Waals surface area (Å²) in [6.07, 6.45) is -1.87. The standard InChI is InChI=1S/C28H34N2O9/c1-18(2)25(33)37-15-24(32)39-26(34)28(4,16-36-5)17-38-27(35)30-23-12-8-21(9-13-23)14-20-6-10-22(11-7-20)29-19(3)31/h6-13,24,32H,1,14-17H2,2-5H3,(H,29,31)(H,30,35). The third-order valence-corrected chi connectivity index (χ3v) is 5.31. The molecule has 0 bridgehead atoms. The summed E-state index contributed by atoms with van der Waals surface area (Å²) in [6, 6.07) is 14.6. The number of hydrogen-bond acceptors (Lipinski definition) is 9. The number of carbonyl (C=O) groups excluding carboxylic acids is 4. The van der Waals surface area contributed by atoms with E-state index >= 15 is 0 Å². The fourth-order valence-corrected chi connectivity index (χ4v) is 3.28. The molecule has 210 valence electrons. The maximum Gasteiger partial charge on any atom is 0.411 e. The van der Waals surface area contributed by atoms with Crippen molar-refractivity contribution in [2.45, 2.75) is 33.5 Å². The van der Waals surface area contributed by atoms with Gasteiger partial charge in [0.05, 0.1) is 6.61 Å². The highest BCUT2D eigenvalue weighted by molar-refractivity contribution is 5.88. The summed E-state index contributed by atoms with van der Waals surface area (Å²) >= 11 is 0. The Bertz CT molecular complexity index is 1160. The normalized spacial score (nSPS) is 12.8. The van der Waals surface area contributed by atoms with Crippen LogP contribution in [0.1, 0.15) is 31.9 Å². The average Bonchev–Trinajstić information content (AvgIpc) is 2.88. The van der Waals surface area contributed by atoms with Crippen molar-refractivity contribution in [1.29, 1.82) is 0 Å². The lowest BCUT2D eigenvalue weighted by Gasteiger charge is -2.27. The third-order valence-electron chi connectivity index (χ3n) is 5.31. The van der Waals surface area contributed by atoms with E-state index in [0.717, 1.165) is 16.8 Å². The van der Waals surface area contributed by atoms with Crippen LogP contribution in [0.2, 0.25) is 0 Å². The minimum absolute atomic E-state index is 0.126. The van der Waals surface area contributed by atoms with Gasteiger partial charge in [-0.3, -0.25) is 14.9 Å². The average molecular weight is 543 g/mol. The Balaban J connectivity index is 1.88. The van der Waals surface area contributed by atoms with E-state index in [4.69, 9.17) is 18.9 Å². The maximum absolute atomic E-state index is 12.6. The first-order valence-corrected chi connectivity index (χ1v) is 12.0. The second-order valence-corrected chi connectivity index (χ2v) is 9.19. The van der Waals surface area contributed by atoms with Gasteiger partial charge in [-0.1, -0.05) is 30.8 Å². The zero-order chi connectivity index (χ0) is 29.0. The number of benzene rings is 2. The number of anilines is 2. The van der Waals surface area contributed by atoms with Crippen LogP contribution in [0.3, 0.4) is 0 Å². The van der Waals surface area contributed by atoms with Crippen LogP contribution in [0, 0.1) is 5.41 Å². The van der Waals surface area contributed by atoms with Gasteiger partial charge in [0.15, 0.2) is 6.61 Å². The molecule has 0 fully saturated rings. The van der Waals surface area contributed by atoms with E-state index in [0.29, 0.717) is 12.1 Å². The molecule has 2 unspecified atom stereocenters. The number of rotatable bonds is 13. The van der Waals surface area contributed by atoms with Crippen LogP contribution >= 0.6 is 0 Å². The minimum Gasteiger partial charge on any atom is -0.456 e. The molecule has 2 aromatic carbocycles. The molecule has 0 saturated heterocycles. The lowest BCUT2D eigenvalue weighted by molar-refractivity contribution is -0.194. The van der Waals surface area contributed by atoms with Crippen molar-refractivity contribution in [3.05, 3.63) is 71.8 Å². The summed E-state index contributed by atoms with van der Waals surface area (Å²) < 4.78 is 20.0. The molecule has 11 heteroatoms. The van der Waals surface area contributed by atoms with Gasteiger partial charge in [-0.05, 0) is 55.7 Å². The fourth-order valence-electron chi connectivity index (χ4n) is 3.28. The number of aliphatic hydroxyl groups excluding tert-OH is 1. The van der Waals surface area contributed by atoms with Gasteiger partial charge < -0.3 is 29.4 Å². The highest BCUT2D eigenvalue weighted by Gasteiger charge is 2.38. The summed E-state index contributed by atoms with van der Waals surface area (Å²) in [5, 5.41) is 15.2. The molecule has 0 saturated carbocycles. The fraction of sp³-hybridized carbons (Fsp3) is 0.357. The number of aliphatic hydroxyl groups is 1. The molecule has 0 spiro atoms. The van der Waals surface area contributed by atoms with Gasteiger partial charge in [0.2, 0.25) is 12.2 Å². The van der Waals surface area contributed by atoms with E-state index in [1.54, 1.807) is 12.1 Å². The molecular weight excluding hydrogens is 508 g/mol. The van der Waals surface area contributed by atoms with Crippen molar-refractivity contribution >= 4 is 35.3 Å². The first kappa shape index (κ1) is 31.0. The molecule has 0 aliphatic carbocycles. The van der Waals surface area contributed by atoms with Crippen LogP contribution in [0.4, 0.5) is 16.2 Å². The van der Waals surface area contributed by atoms with Crippen LogP contribution in [0.5, 0.6) is 0 Å². The van der Waals surface area contributed by atoms with Crippen molar-refractivity contribution in [3.63, 3.8) is 0 Å². The van der Waals surface area contributed by atoms with Crippen LogP contribution in [-0.4, -0.2) is 62.3 Å². The number of nitrogens with one attached hydrogen (secondary N) is 2. The highest BCUT2D eigenvalue weighted by Crippen LogP contribution is 2.22. The number of methoxy groups -OCH3 is 1. The summed E-state index contributed by atoms with van der Waals surface area (Å²) in [4.78, 5) is 47.6. The van der Waals surface area contributed by atoms with Gasteiger partial charge in [0.1, 0.15) is 12.0 Å². The minimum atomic E-state index is -1.72. The quantitative estimate of drug-likeness (QED) is 0.150. The summed E-state index contributed by atoms with van der Waals surface area (Å²) in [5.74, 6) is -1.79. The SMILES string of the molecule is C=C(C)C(=O)OCC(O)OC(=O)C(C)(COC)COC(=O)Nc1ccc(Cc2ccc(NC(C)=O)cc2)cc1. The predicted octanol–water partition coefficient (Wildman–Crippen LogP) is 3.42. The van der Waals surface area contributed by atoms with E-state index < -0.39 is 43.0 Å². The van der Waals surface area contributed by atoms with E-state index in [1.807, 2.05) is 36.4 Å². The number of hydrogen-bond donors (Lipinski definition) is 3. The Hall–Kier alpha value is -4.22. The predicted molar refractivity (Wildman–Crippen MR) is 143 cm³/mol. The lowest BCUT2D eigenvalue weighted by atomic mass is 9.93. The molecule has 0 radical (unpaired) electrons. The molecule has 0 heterocycles. The van der Waals surface area contributed by atoms with E-state index in [-0.39, 0.29) is 18.1 Å². The molecular formula is C28H34N2O9. The number of carbonyl (C=O) groups is 4. The number of esters is 2. The zero-order valence-electron chi connectivity index (χ0n) is 22.4. The lowest BCUT2D eigenvalue weighted by Crippen LogP contribution is -2.42. The summed E-state index contributed by atoms with van der Waals surface area (Å²) in [5.41, 5.74) is 1.94. The molecule has 0 aromatic heterocycles. The van der Waals surface area contributed by atoms with Crippen LogP contribution in [0.15, 0.2) is 60.7 Å². The molecule has 2 atom stereocenters. The van der Waals surface area contributed by atoms with Gasteiger partial charge in [0, 0.05) is 31.0 Å². The van der Waals surface area contributed by atoms with Crippen LogP contribution in [-0.2, 0) is 39.8 Å². The van der Waals surface area contributed by atoms with Gasteiger partial charge in [-0.25, -0.2) is 9.59 Å². The van der Waals surface area contributed by atoms with Gasteiger partial charge >= 0.3 is 18.0 Å². The Labute approximate surface area is 227 Å². The van der Waals surface area contributed by atoms with Crippen molar-refractivity contribution in [1.82, 2.24) is 0 Å². The Kier molecular flexibility index (Phi) is 11.6.